The molecule has 0 aromatic heterocycles. The third kappa shape index (κ3) is 5.03. The van der Waals surface area contributed by atoms with Crippen LogP contribution in [0.15, 0.2) is 48.5 Å². The predicted molar refractivity (Wildman–Crippen MR) is 135 cm³/mol. The van der Waals surface area contributed by atoms with Crippen LogP contribution in [0.3, 0.4) is 0 Å². The zero-order valence-electron chi connectivity index (χ0n) is 20.0. The molecule has 172 valence electrons. The molecule has 0 saturated carbocycles. The molecule has 2 aromatic rings. The average Bonchev–Trinajstić information content (AvgIpc) is 2.84. The van der Waals surface area contributed by atoms with Crippen molar-refractivity contribution in [2.24, 2.45) is 0 Å². The molecule has 32 heavy (non-hydrogen) atoms. The van der Waals surface area contributed by atoms with Gasteiger partial charge in [-0.2, -0.15) is 0 Å². The Bertz CT molecular complexity index is 854. The van der Waals surface area contributed by atoms with Crippen LogP contribution in [0.2, 0.25) is 0 Å². The lowest BCUT2D eigenvalue weighted by Gasteiger charge is -2.45. The maximum atomic E-state index is 2.72. The zero-order valence-corrected chi connectivity index (χ0v) is 20.0. The normalized spacial score (nSPS) is 24.3. The van der Waals surface area contributed by atoms with E-state index >= 15 is 0 Å². The minimum atomic E-state index is 0.459. The van der Waals surface area contributed by atoms with Gasteiger partial charge in [-0.1, -0.05) is 48.4 Å². The Kier molecular flexibility index (Phi) is 6.82. The molecule has 3 heterocycles. The van der Waals surface area contributed by atoms with Gasteiger partial charge in [-0.15, -0.1) is 0 Å². The first-order valence-electron chi connectivity index (χ1n) is 12.7. The number of piperidine rings is 1. The van der Waals surface area contributed by atoms with Crippen molar-refractivity contribution in [3.8, 4) is 0 Å². The number of fused-ring (bicyclic) bond motifs is 1. The van der Waals surface area contributed by atoms with Crippen LogP contribution in [0, 0.1) is 6.92 Å². The highest BCUT2D eigenvalue weighted by Gasteiger charge is 2.29. The van der Waals surface area contributed by atoms with E-state index in [1.807, 2.05) is 0 Å². The molecule has 0 radical (unpaired) electrons. The molecule has 5 rings (SSSR count). The van der Waals surface area contributed by atoms with E-state index in [1.54, 1.807) is 0 Å². The molecule has 0 amide bonds. The standard InChI is InChI=1S/C28H40N4/c1-23-6-10-25(11-7-23)28(31-17-15-29(2)16-18-31)21-24-8-12-26(13-9-24)32-20-19-30-14-4-3-5-27(30)22-32/h6-13,27-28H,3-5,14-22H2,1-2H3. The van der Waals surface area contributed by atoms with Gasteiger partial charge < -0.3 is 9.80 Å². The zero-order chi connectivity index (χ0) is 21.9. The first-order valence-corrected chi connectivity index (χ1v) is 12.7. The largest absolute Gasteiger partial charge is 0.369 e. The van der Waals surface area contributed by atoms with Crippen molar-refractivity contribution in [3.05, 3.63) is 65.2 Å². The molecular weight excluding hydrogens is 392 g/mol. The van der Waals surface area contributed by atoms with Gasteiger partial charge in [0.2, 0.25) is 0 Å². The summed E-state index contributed by atoms with van der Waals surface area (Å²) in [5.74, 6) is 0. The van der Waals surface area contributed by atoms with Gasteiger partial charge in [0.15, 0.2) is 0 Å². The quantitative estimate of drug-likeness (QED) is 0.702. The Morgan fingerprint density at radius 3 is 2.31 bits per heavy atom. The third-order valence-electron chi connectivity index (χ3n) is 8.01. The van der Waals surface area contributed by atoms with Gasteiger partial charge in [0, 0.05) is 63.6 Å². The second-order valence-corrected chi connectivity index (χ2v) is 10.3. The number of likely N-dealkylation sites (N-methyl/N-ethyl adjacent to an activating group) is 1. The Labute approximate surface area is 194 Å². The fourth-order valence-electron chi connectivity index (χ4n) is 5.84. The molecule has 4 heteroatoms. The predicted octanol–water partition coefficient (Wildman–Crippen LogP) is 4.20. The minimum absolute atomic E-state index is 0.459. The summed E-state index contributed by atoms with van der Waals surface area (Å²) in [6.07, 6.45) is 5.25. The summed E-state index contributed by atoms with van der Waals surface area (Å²) in [6.45, 7) is 11.7. The van der Waals surface area contributed by atoms with Crippen LogP contribution in [0.25, 0.3) is 0 Å². The SMILES string of the molecule is Cc1ccc(C(Cc2ccc(N3CCN4CCCCC4C3)cc2)N2CCN(C)CC2)cc1. The van der Waals surface area contributed by atoms with Crippen LogP contribution in [0.5, 0.6) is 0 Å². The third-order valence-corrected chi connectivity index (χ3v) is 8.01. The molecule has 2 aromatic carbocycles. The van der Waals surface area contributed by atoms with Gasteiger partial charge in [0.05, 0.1) is 0 Å². The van der Waals surface area contributed by atoms with Crippen LogP contribution < -0.4 is 4.90 Å². The van der Waals surface area contributed by atoms with Gasteiger partial charge in [0.25, 0.3) is 0 Å². The molecule has 0 spiro atoms. The molecule has 0 aliphatic carbocycles. The van der Waals surface area contributed by atoms with Crippen LogP contribution in [-0.4, -0.2) is 80.1 Å². The van der Waals surface area contributed by atoms with E-state index in [1.165, 1.54) is 67.8 Å². The average molecular weight is 433 g/mol. The lowest BCUT2D eigenvalue weighted by molar-refractivity contribution is 0.111. The highest BCUT2D eigenvalue weighted by molar-refractivity contribution is 5.48. The van der Waals surface area contributed by atoms with Crippen LogP contribution in [-0.2, 0) is 6.42 Å². The molecule has 0 bridgehead atoms. The molecule has 0 N–H and O–H groups in total. The highest BCUT2D eigenvalue weighted by Crippen LogP contribution is 2.29. The topological polar surface area (TPSA) is 13.0 Å². The van der Waals surface area contributed by atoms with Crippen molar-refractivity contribution in [3.63, 3.8) is 0 Å². The van der Waals surface area contributed by atoms with Crippen LogP contribution in [0.1, 0.15) is 42.0 Å². The van der Waals surface area contributed by atoms with Crippen molar-refractivity contribution in [1.29, 1.82) is 0 Å². The van der Waals surface area contributed by atoms with Gasteiger partial charge in [-0.25, -0.2) is 0 Å². The molecular formula is C28H40N4. The van der Waals surface area contributed by atoms with Crippen molar-refractivity contribution < 1.29 is 0 Å². The van der Waals surface area contributed by atoms with E-state index in [4.69, 9.17) is 0 Å². The van der Waals surface area contributed by atoms with E-state index in [0.717, 1.165) is 38.6 Å². The van der Waals surface area contributed by atoms with Gasteiger partial charge in [-0.05, 0) is 63.0 Å². The second-order valence-electron chi connectivity index (χ2n) is 10.3. The second kappa shape index (κ2) is 9.94. The molecule has 2 atom stereocenters. The Balaban J connectivity index is 1.29. The number of anilines is 1. The summed E-state index contributed by atoms with van der Waals surface area (Å²) in [4.78, 5) is 10.5. The number of aryl methyl sites for hydroxylation is 1. The molecule has 3 aliphatic heterocycles. The molecule has 2 unspecified atom stereocenters. The highest BCUT2D eigenvalue weighted by atomic mass is 15.3. The Morgan fingerprint density at radius 2 is 1.56 bits per heavy atom. The maximum absolute atomic E-state index is 2.72. The molecule has 3 aliphatic rings. The lowest BCUT2D eigenvalue weighted by Crippen LogP contribution is -2.54. The summed E-state index contributed by atoms with van der Waals surface area (Å²) in [5.41, 5.74) is 5.66. The summed E-state index contributed by atoms with van der Waals surface area (Å²) >= 11 is 0. The molecule has 3 fully saturated rings. The summed E-state index contributed by atoms with van der Waals surface area (Å²) in [7, 11) is 2.24. The summed E-state index contributed by atoms with van der Waals surface area (Å²) < 4.78 is 0. The first kappa shape index (κ1) is 21.9. The molecule has 4 nitrogen and oxygen atoms in total. The lowest BCUT2D eigenvalue weighted by atomic mass is 9.95. The Hall–Kier alpha value is -1.88. The van der Waals surface area contributed by atoms with Crippen LogP contribution in [0.4, 0.5) is 5.69 Å². The van der Waals surface area contributed by atoms with E-state index in [2.05, 4.69) is 82.1 Å². The van der Waals surface area contributed by atoms with Crippen molar-refractivity contribution in [2.45, 2.75) is 44.7 Å². The van der Waals surface area contributed by atoms with Gasteiger partial charge >= 0.3 is 0 Å². The number of nitrogens with zero attached hydrogens (tertiary/aromatic N) is 4. The summed E-state index contributed by atoms with van der Waals surface area (Å²) in [6, 6.07) is 20.0. The maximum Gasteiger partial charge on any atom is 0.0389 e. The van der Waals surface area contributed by atoms with Gasteiger partial charge in [-0.3, -0.25) is 9.80 Å². The van der Waals surface area contributed by atoms with Gasteiger partial charge in [0.1, 0.15) is 0 Å². The summed E-state index contributed by atoms with van der Waals surface area (Å²) in [5, 5.41) is 0. The smallest absolute Gasteiger partial charge is 0.0389 e. The number of hydrogen-bond donors (Lipinski definition) is 0. The fraction of sp³-hybridized carbons (Fsp3) is 0.571. The van der Waals surface area contributed by atoms with E-state index in [-0.39, 0.29) is 0 Å². The fourth-order valence-corrected chi connectivity index (χ4v) is 5.84. The number of hydrogen-bond acceptors (Lipinski definition) is 4. The van der Waals surface area contributed by atoms with E-state index < -0.39 is 0 Å². The van der Waals surface area contributed by atoms with E-state index in [9.17, 15) is 0 Å². The first-order chi connectivity index (χ1) is 15.7. The van der Waals surface area contributed by atoms with Crippen LogP contribution >= 0.6 is 0 Å². The van der Waals surface area contributed by atoms with Crippen molar-refractivity contribution in [2.75, 3.05) is 64.3 Å². The monoisotopic (exact) mass is 432 g/mol. The van der Waals surface area contributed by atoms with Crippen molar-refractivity contribution >= 4 is 5.69 Å². The number of rotatable bonds is 5. The van der Waals surface area contributed by atoms with E-state index in [0.29, 0.717) is 6.04 Å². The number of benzene rings is 2. The van der Waals surface area contributed by atoms with Crippen molar-refractivity contribution in [1.82, 2.24) is 14.7 Å². The Morgan fingerprint density at radius 1 is 0.812 bits per heavy atom. The minimum Gasteiger partial charge on any atom is -0.369 e. The molecule has 3 saturated heterocycles. The number of piperazine rings is 2.